The third-order valence-electron chi connectivity index (χ3n) is 1.83. The highest BCUT2D eigenvalue weighted by Crippen LogP contribution is 2.08. The van der Waals surface area contributed by atoms with Gasteiger partial charge < -0.3 is 4.74 Å². The molecule has 0 aliphatic rings. The first-order valence-electron chi connectivity index (χ1n) is 4.66. The Balaban J connectivity index is 0.00000144. The molecule has 5 heteroatoms. The standard InChI is InChI=1S/C12H9N3O.ClH/c1-16-11-7-10(8-13-9-11)3-4-12-14-5-2-6-15-12;/h2,5-9H,1H3;1H. The highest BCUT2D eigenvalue weighted by molar-refractivity contribution is 5.85. The predicted octanol–water partition coefficient (Wildman–Crippen LogP) is 1.70. The van der Waals surface area contributed by atoms with E-state index in [1.807, 2.05) is 6.07 Å². The Morgan fingerprint density at radius 2 is 1.88 bits per heavy atom. The molecule has 0 saturated heterocycles. The molecule has 0 saturated carbocycles. The summed E-state index contributed by atoms with van der Waals surface area (Å²) in [5, 5.41) is 0. The zero-order chi connectivity index (χ0) is 11.2. The molecule has 0 bridgehead atoms. The molecule has 0 N–H and O–H groups in total. The molecule has 0 atom stereocenters. The average Bonchev–Trinajstić information content (AvgIpc) is 2.38. The molecule has 2 heterocycles. The topological polar surface area (TPSA) is 47.9 Å². The molecule has 0 aliphatic heterocycles. The van der Waals surface area contributed by atoms with E-state index in [1.54, 1.807) is 38.0 Å². The van der Waals surface area contributed by atoms with Crippen molar-refractivity contribution < 1.29 is 4.74 Å². The van der Waals surface area contributed by atoms with Gasteiger partial charge in [0.2, 0.25) is 5.82 Å². The lowest BCUT2D eigenvalue weighted by Crippen LogP contribution is -1.87. The van der Waals surface area contributed by atoms with E-state index >= 15 is 0 Å². The van der Waals surface area contributed by atoms with Crippen LogP contribution >= 0.6 is 12.4 Å². The molecule has 0 radical (unpaired) electrons. The molecule has 86 valence electrons. The molecule has 0 unspecified atom stereocenters. The highest BCUT2D eigenvalue weighted by Gasteiger charge is 1.92. The minimum absolute atomic E-state index is 0. The van der Waals surface area contributed by atoms with E-state index < -0.39 is 0 Å². The van der Waals surface area contributed by atoms with Crippen molar-refractivity contribution >= 4 is 12.4 Å². The predicted molar refractivity (Wildman–Crippen MR) is 66.0 cm³/mol. The van der Waals surface area contributed by atoms with E-state index in [-0.39, 0.29) is 12.4 Å². The van der Waals surface area contributed by atoms with Crippen molar-refractivity contribution in [1.29, 1.82) is 0 Å². The number of hydrogen-bond donors (Lipinski definition) is 0. The van der Waals surface area contributed by atoms with Crippen LogP contribution in [0.4, 0.5) is 0 Å². The second kappa shape index (κ2) is 6.46. The summed E-state index contributed by atoms with van der Waals surface area (Å²) in [6.07, 6.45) is 6.60. The second-order valence-electron chi connectivity index (χ2n) is 2.94. The van der Waals surface area contributed by atoms with Gasteiger partial charge in [-0.1, -0.05) is 5.92 Å². The summed E-state index contributed by atoms with van der Waals surface area (Å²) in [5.74, 6) is 6.93. The number of aromatic nitrogens is 3. The Labute approximate surface area is 106 Å². The molecule has 2 rings (SSSR count). The van der Waals surface area contributed by atoms with E-state index in [1.165, 1.54) is 0 Å². The third kappa shape index (κ3) is 3.74. The van der Waals surface area contributed by atoms with Gasteiger partial charge in [-0.25, -0.2) is 9.97 Å². The molecule has 0 aliphatic carbocycles. The minimum atomic E-state index is 0. The van der Waals surface area contributed by atoms with Gasteiger partial charge >= 0.3 is 0 Å². The van der Waals surface area contributed by atoms with Crippen molar-refractivity contribution in [2.75, 3.05) is 7.11 Å². The average molecular weight is 248 g/mol. The van der Waals surface area contributed by atoms with Crippen LogP contribution in [0.1, 0.15) is 11.4 Å². The van der Waals surface area contributed by atoms with Gasteiger partial charge in [0, 0.05) is 24.2 Å². The summed E-state index contributed by atoms with van der Waals surface area (Å²) in [5.41, 5.74) is 0.770. The van der Waals surface area contributed by atoms with Crippen LogP contribution in [0.5, 0.6) is 5.75 Å². The normalized spacial score (nSPS) is 8.53. The molecule has 4 nitrogen and oxygen atoms in total. The van der Waals surface area contributed by atoms with Crippen molar-refractivity contribution in [1.82, 2.24) is 15.0 Å². The van der Waals surface area contributed by atoms with Gasteiger partial charge in [-0.3, -0.25) is 4.98 Å². The maximum Gasteiger partial charge on any atom is 0.205 e. The SMILES string of the molecule is COc1cncc(C#Cc2ncccn2)c1.Cl. The van der Waals surface area contributed by atoms with Crippen LogP contribution in [0.25, 0.3) is 0 Å². The Kier molecular flexibility index (Phi) is 4.92. The van der Waals surface area contributed by atoms with Gasteiger partial charge in [0.15, 0.2) is 0 Å². The van der Waals surface area contributed by atoms with Gasteiger partial charge in [0.1, 0.15) is 5.75 Å². The fourth-order valence-corrected chi connectivity index (χ4v) is 1.09. The van der Waals surface area contributed by atoms with Crippen LogP contribution < -0.4 is 4.74 Å². The first-order chi connectivity index (χ1) is 7.88. The smallest absolute Gasteiger partial charge is 0.205 e. The van der Waals surface area contributed by atoms with E-state index in [0.29, 0.717) is 11.6 Å². The van der Waals surface area contributed by atoms with Crippen molar-refractivity contribution in [3.05, 3.63) is 48.3 Å². The van der Waals surface area contributed by atoms with Crippen LogP contribution in [-0.2, 0) is 0 Å². The summed E-state index contributed by atoms with van der Waals surface area (Å²) in [4.78, 5) is 12.0. The van der Waals surface area contributed by atoms with E-state index in [4.69, 9.17) is 4.74 Å². The van der Waals surface area contributed by atoms with E-state index in [0.717, 1.165) is 5.56 Å². The summed E-state index contributed by atoms with van der Waals surface area (Å²) in [7, 11) is 1.59. The lowest BCUT2D eigenvalue weighted by Gasteiger charge is -1.97. The Bertz CT molecular complexity index is 534. The first-order valence-corrected chi connectivity index (χ1v) is 4.66. The Morgan fingerprint density at radius 1 is 1.12 bits per heavy atom. The molecule has 0 fully saturated rings. The fraction of sp³-hybridized carbons (Fsp3) is 0.0833. The fourth-order valence-electron chi connectivity index (χ4n) is 1.09. The van der Waals surface area contributed by atoms with E-state index in [2.05, 4.69) is 26.8 Å². The highest BCUT2D eigenvalue weighted by atomic mass is 35.5. The largest absolute Gasteiger partial charge is 0.495 e. The monoisotopic (exact) mass is 247 g/mol. The van der Waals surface area contributed by atoms with Crippen LogP contribution in [0, 0.1) is 11.8 Å². The number of hydrogen-bond acceptors (Lipinski definition) is 4. The number of ether oxygens (including phenoxy) is 1. The maximum absolute atomic E-state index is 5.05. The van der Waals surface area contributed by atoms with Crippen molar-refractivity contribution in [3.63, 3.8) is 0 Å². The van der Waals surface area contributed by atoms with Crippen molar-refractivity contribution in [3.8, 4) is 17.6 Å². The van der Waals surface area contributed by atoms with Crippen molar-refractivity contribution in [2.45, 2.75) is 0 Å². The maximum atomic E-state index is 5.05. The summed E-state index contributed by atoms with van der Waals surface area (Å²) in [6.45, 7) is 0. The van der Waals surface area contributed by atoms with Crippen LogP contribution in [0.15, 0.2) is 36.9 Å². The number of halogens is 1. The van der Waals surface area contributed by atoms with Crippen molar-refractivity contribution in [2.24, 2.45) is 0 Å². The zero-order valence-corrected chi connectivity index (χ0v) is 9.94. The number of rotatable bonds is 1. The Morgan fingerprint density at radius 3 is 2.59 bits per heavy atom. The van der Waals surface area contributed by atoms with Gasteiger partial charge in [0.05, 0.1) is 13.3 Å². The summed E-state index contributed by atoms with van der Waals surface area (Å²) in [6, 6.07) is 3.56. The van der Waals surface area contributed by atoms with Crippen LogP contribution in [-0.4, -0.2) is 22.1 Å². The quantitative estimate of drug-likeness (QED) is 0.720. The van der Waals surface area contributed by atoms with Gasteiger partial charge in [-0.05, 0) is 18.1 Å². The van der Waals surface area contributed by atoms with Gasteiger partial charge in [-0.2, -0.15) is 0 Å². The van der Waals surface area contributed by atoms with E-state index in [9.17, 15) is 0 Å². The molecule has 17 heavy (non-hydrogen) atoms. The number of nitrogens with zero attached hydrogens (tertiary/aromatic N) is 3. The molecule has 0 aromatic carbocycles. The Hall–Kier alpha value is -2.12. The number of methoxy groups -OCH3 is 1. The van der Waals surface area contributed by atoms with Crippen LogP contribution in [0.2, 0.25) is 0 Å². The first kappa shape index (κ1) is 12.9. The van der Waals surface area contributed by atoms with Gasteiger partial charge in [0.25, 0.3) is 0 Å². The molecular weight excluding hydrogens is 238 g/mol. The zero-order valence-electron chi connectivity index (χ0n) is 9.12. The second-order valence-corrected chi connectivity index (χ2v) is 2.94. The minimum Gasteiger partial charge on any atom is -0.495 e. The molecular formula is C12H10ClN3O. The summed E-state index contributed by atoms with van der Waals surface area (Å²) < 4.78 is 5.05. The lowest BCUT2D eigenvalue weighted by molar-refractivity contribution is 0.413. The molecule has 2 aromatic heterocycles. The lowest BCUT2D eigenvalue weighted by atomic mass is 10.3. The van der Waals surface area contributed by atoms with Gasteiger partial charge in [-0.15, -0.1) is 12.4 Å². The molecule has 2 aromatic rings. The third-order valence-corrected chi connectivity index (χ3v) is 1.83. The number of pyridine rings is 1. The molecule has 0 amide bonds. The summed E-state index contributed by atoms with van der Waals surface area (Å²) >= 11 is 0. The molecule has 0 spiro atoms. The van der Waals surface area contributed by atoms with Crippen LogP contribution in [0.3, 0.4) is 0 Å².